The summed E-state index contributed by atoms with van der Waals surface area (Å²) in [7, 11) is 0. The van der Waals surface area contributed by atoms with Gasteiger partial charge in [0.05, 0.1) is 19.4 Å². The first-order valence-electron chi connectivity index (χ1n) is 11.2. The van der Waals surface area contributed by atoms with E-state index in [2.05, 4.69) is 0 Å². The van der Waals surface area contributed by atoms with Crippen molar-refractivity contribution in [3.63, 3.8) is 0 Å². The number of rotatable bonds is 12. The van der Waals surface area contributed by atoms with Gasteiger partial charge in [-0.25, -0.2) is 0 Å². The van der Waals surface area contributed by atoms with Crippen LogP contribution in [-0.2, 0) is 27.4 Å². The van der Waals surface area contributed by atoms with Gasteiger partial charge in [0.25, 0.3) is 0 Å². The summed E-state index contributed by atoms with van der Waals surface area (Å²) in [6.45, 7) is 4.62. The minimum Gasteiger partial charge on any atom is -0.467 e. The summed E-state index contributed by atoms with van der Waals surface area (Å²) in [5, 5.41) is 0. The summed E-state index contributed by atoms with van der Waals surface area (Å²) >= 11 is 0. The van der Waals surface area contributed by atoms with Gasteiger partial charge < -0.3 is 28.4 Å². The van der Waals surface area contributed by atoms with Crippen molar-refractivity contribution < 1.29 is 28.2 Å². The van der Waals surface area contributed by atoms with E-state index in [0.717, 1.165) is 18.4 Å². The Hall–Kier alpha value is -3.00. The zero-order chi connectivity index (χ0) is 22.3. The first kappa shape index (κ1) is 22.2. The number of benzene rings is 1. The molecule has 32 heavy (non-hydrogen) atoms. The number of ether oxygens (including phenoxy) is 3. The average molecular weight is 443 g/mol. The normalized spacial score (nSPS) is 14.4. The van der Waals surface area contributed by atoms with Crippen molar-refractivity contribution in [1.29, 1.82) is 0 Å². The number of hydrogen-bond acceptors (Lipinski definition) is 6. The molecule has 0 N–H and O–H groups in total. The van der Waals surface area contributed by atoms with Gasteiger partial charge in [0.2, 0.25) is 18.6 Å². The van der Waals surface area contributed by atoms with E-state index in [1.165, 1.54) is 0 Å². The van der Waals surface area contributed by atoms with Crippen molar-refractivity contribution in [2.45, 2.75) is 39.3 Å². The first-order chi connectivity index (χ1) is 15.6. The zero-order valence-corrected chi connectivity index (χ0v) is 18.5. The Morgan fingerprint density at radius 2 is 1.94 bits per heavy atom. The Labute approximate surface area is 188 Å². The molecule has 1 fully saturated rings. The van der Waals surface area contributed by atoms with E-state index in [9.17, 15) is 9.59 Å². The molecule has 1 aliphatic carbocycles. The van der Waals surface area contributed by atoms with Gasteiger partial charge in [-0.1, -0.05) is 6.07 Å². The number of nitrogens with zero attached hydrogens (tertiary/aromatic N) is 2. The van der Waals surface area contributed by atoms with Gasteiger partial charge in [0, 0.05) is 32.2 Å². The maximum Gasteiger partial charge on any atom is 0.242 e. The minimum atomic E-state index is -0.121. The Balaban J connectivity index is 1.45. The molecule has 0 atom stereocenters. The molecule has 2 amide bonds. The molecule has 2 aromatic rings. The Kier molecular flexibility index (Phi) is 7.32. The highest BCUT2D eigenvalue weighted by atomic mass is 16.7. The predicted molar refractivity (Wildman–Crippen MR) is 116 cm³/mol. The molecule has 2 aliphatic rings. The number of carbonyl (C=O) groups excluding carboxylic acids is 2. The van der Waals surface area contributed by atoms with Crippen LogP contribution in [0.15, 0.2) is 41.0 Å². The highest BCUT2D eigenvalue weighted by Crippen LogP contribution is 2.33. The number of furan rings is 1. The molecular formula is C24H30N2O6. The lowest BCUT2D eigenvalue weighted by molar-refractivity contribution is -0.142. The lowest BCUT2D eigenvalue weighted by Gasteiger charge is -2.27. The number of hydrogen-bond donors (Lipinski definition) is 0. The molecule has 8 nitrogen and oxygen atoms in total. The predicted octanol–water partition coefficient (Wildman–Crippen LogP) is 3.20. The van der Waals surface area contributed by atoms with E-state index in [1.807, 2.05) is 31.2 Å². The van der Waals surface area contributed by atoms with Gasteiger partial charge in [-0.3, -0.25) is 9.59 Å². The number of fused-ring (bicyclic) bond motifs is 1. The van der Waals surface area contributed by atoms with Crippen molar-refractivity contribution >= 4 is 11.8 Å². The molecule has 1 aliphatic heterocycles. The fourth-order valence-electron chi connectivity index (χ4n) is 3.70. The van der Waals surface area contributed by atoms with Gasteiger partial charge in [0.15, 0.2) is 11.5 Å². The van der Waals surface area contributed by atoms with Gasteiger partial charge in [0.1, 0.15) is 5.76 Å². The second-order valence-corrected chi connectivity index (χ2v) is 8.10. The monoisotopic (exact) mass is 442 g/mol. The second kappa shape index (κ2) is 10.5. The number of amides is 2. The zero-order valence-electron chi connectivity index (χ0n) is 18.5. The van der Waals surface area contributed by atoms with Crippen LogP contribution in [0.5, 0.6) is 11.5 Å². The molecule has 0 saturated heterocycles. The van der Waals surface area contributed by atoms with Gasteiger partial charge in [-0.05, 0) is 56.0 Å². The van der Waals surface area contributed by atoms with Crippen molar-refractivity contribution in [1.82, 2.24) is 9.80 Å². The summed E-state index contributed by atoms with van der Waals surface area (Å²) in [5.74, 6) is 2.07. The molecule has 0 radical (unpaired) electrons. The summed E-state index contributed by atoms with van der Waals surface area (Å²) < 4.78 is 21.7. The molecule has 1 saturated carbocycles. The topological polar surface area (TPSA) is 81.5 Å². The lowest BCUT2D eigenvalue weighted by Crippen LogP contribution is -2.43. The van der Waals surface area contributed by atoms with Crippen LogP contribution in [0.3, 0.4) is 0 Å². The van der Waals surface area contributed by atoms with Crippen molar-refractivity contribution in [2.75, 3.05) is 33.1 Å². The SMILES string of the molecule is CCOCCCN(CC(=O)N(Cc1ccc2c(c1)OCO2)Cc1ccco1)C(=O)C1CC1. The van der Waals surface area contributed by atoms with Crippen molar-refractivity contribution in [3.05, 3.63) is 47.9 Å². The molecule has 172 valence electrons. The van der Waals surface area contributed by atoms with Crippen molar-refractivity contribution in [2.24, 2.45) is 5.92 Å². The Bertz CT molecular complexity index is 909. The van der Waals surface area contributed by atoms with Crippen molar-refractivity contribution in [3.8, 4) is 11.5 Å². The molecule has 0 spiro atoms. The van der Waals surface area contributed by atoms with Crippen LogP contribution in [0.1, 0.15) is 37.5 Å². The van der Waals surface area contributed by atoms with E-state index in [1.54, 1.807) is 22.1 Å². The van der Waals surface area contributed by atoms with E-state index < -0.39 is 0 Å². The highest BCUT2D eigenvalue weighted by Gasteiger charge is 2.34. The summed E-state index contributed by atoms with van der Waals surface area (Å²) in [5.41, 5.74) is 0.922. The first-order valence-corrected chi connectivity index (χ1v) is 11.2. The average Bonchev–Trinajstić information content (AvgIpc) is 3.31. The van der Waals surface area contributed by atoms with E-state index in [0.29, 0.717) is 56.5 Å². The molecule has 1 aromatic carbocycles. The Morgan fingerprint density at radius 3 is 2.69 bits per heavy atom. The molecule has 0 bridgehead atoms. The molecular weight excluding hydrogens is 412 g/mol. The number of carbonyl (C=O) groups is 2. The third-order valence-electron chi connectivity index (χ3n) is 5.58. The van der Waals surface area contributed by atoms with Crippen LogP contribution in [0.4, 0.5) is 0 Å². The fourth-order valence-corrected chi connectivity index (χ4v) is 3.70. The Morgan fingerprint density at radius 1 is 1.09 bits per heavy atom. The molecule has 2 heterocycles. The van der Waals surface area contributed by atoms with E-state index in [-0.39, 0.29) is 31.1 Å². The smallest absolute Gasteiger partial charge is 0.242 e. The standard InChI is InChI=1S/C24H30N2O6/c1-2-29-11-4-10-25(24(28)19-7-8-19)16-23(27)26(15-20-5-3-12-30-20)14-18-6-9-21-22(13-18)32-17-31-21/h3,5-6,9,12-13,19H,2,4,7-8,10-11,14-17H2,1H3. The van der Waals surface area contributed by atoms with Crippen LogP contribution in [0, 0.1) is 5.92 Å². The summed E-state index contributed by atoms with van der Waals surface area (Å²) in [6.07, 6.45) is 4.11. The molecule has 1 aromatic heterocycles. The molecule has 0 unspecified atom stereocenters. The minimum absolute atomic E-state index is 0.0483. The highest BCUT2D eigenvalue weighted by molar-refractivity contribution is 5.87. The van der Waals surface area contributed by atoms with Crippen LogP contribution in [0.2, 0.25) is 0 Å². The quantitative estimate of drug-likeness (QED) is 0.470. The molecule has 4 rings (SSSR count). The van der Waals surface area contributed by atoms with Crippen LogP contribution in [-0.4, -0.2) is 54.7 Å². The fraction of sp³-hybridized carbons (Fsp3) is 0.500. The third kappa shape index (κ3) is 5.82. The van der Waals surface area contributed by atoms with Crippen LogP contribution >= 0.6 is 0 Å². The van der Waals surface area contributed by atoms with Gasteiger partial charge in [-0.15, -0.1) is 0 Å². The van der Waals surface area contributed by atoms with Crippen LogP contribution in [0.25, 0.3) is 0 Å². The lowest BCUT2D eigenvalue weighted by atomic mass is 10.1. The van der Waals surface area contributed by atoms with E-state index >= 15 is 0 Å². The summed E-state index contributed by atoms with van der Waals surface area (Å²) in [4.78, 5) is 29.6. The largest absolute Gasteiger partial charge is 0.467 e. The molecule has 8 heteroatoms. The summed E-state index contributed by atoms with van der Waals surface area (Å²) in [6, 6.07) is 9.30. The second-order valence-electron chi connectivity index (χ2n) is 8.10. The van der Waals surface area contributed by atoms with Crippen LogP contribution < -0.4 is 9.47 Å². The maximum atomic E-state index is 13.4. The van der Waals surface area contributed by atoms with Gasteiger partial charge >= 0.3 is 0 Å². The van der Waals surface area contributed by atoms with Gasteiger partial charge in [-0.2, -0.15) is 0 Å². The maximum absolute atomic E-state index is 13.4. The third-order valence-corrected chi connectivity index (χ3v) is 5.58. The van der Waals surface area contributed by atoms with E-state index in [4.69, 9.17) is 18.6 Å².